The molecule has 2 aliphatic rings. The van der Waals surface area contributed by atoms with E-state index in [0.717, 1.165) is 25.9 Å². The predicted octanol–water partition coefficient (Wildman–Crippen LogP) is -1.01. The molecule has 0 saturated carbocycles. The van der Waals surface area contributed by atoms with Gasteiger partial charge >= 0.3 is 0 Å². The quantitative estimate of drug-likeness (QED) is 0.481. The van der Waals surface area contributed by atoms with Crippen molar-refractivity contribution in [3.05, 3.63) is 0 Å². The van der Waals surface area contributed by atoms with Gasteiger partial charge in [0.1, 0.15) is 0 Å². The van der Waals surface area contributed by atoms with Gasteiger partial charge in [0.2, 0.25) is 11.8 Å². The Morgan fingerprint density at radius 1 is 1.47 bits per heavy atom. The van der Waals surface area contributed by atoms with Crippen molar-refractivity contribution in [1.82, 2.24) is 16.0 Å². The summed E-state index contributed by atoms with van der Waals surface area (Å²) < 4.78 is 0. The molecule has 2 amide bonds. The SMILES string of the molecule is C[C@@H](C(=O)NC1CCNCC1)[C@H]1NC(=O)[C@H]1CCO. The summed E-state index contributed by atoms with van der Waals surface area (Å²) in [4.78, 5) is 23.5. The van der Waals surface area contributed by atoms with Crippen LogP contribution in [0.15, 0.2) is 0 Å². The Bertz CT molecular complexity index is 342. The second-order valence-corrected chi connectivity index (χ2v) is 5.47. The molecule has 0 aromatic heterocycles. The van der Waals surface area contributed by atoms with Crippen LogP contribution < -0.4 is 16.0 Å². The number of hydrogen-bond donors (Lipinski definition) is 4. The summed E-state index contributed by atoms with van der Waals surface area (Å²) in [6.07, 6.45) is 2.34. The molecule has 108 valence electrons. The van der Waals surface area contributed by atoms with Gasteiger partial charge in [0.05, 0.1) is 17.9 Å². The van der Waals surface area contributed by atoms with E-state index in [-0.39, 0.29) is 42.3 Å². The van der Waals surface area contributed by atoms with Crippen LogP contribution in [0.1, 0.15) is 26.2 Å². The minimum Gasteiger partial charge on any atom is -0.396 e. The molecule has 19 heavy (non-hydrogen) atoms. The molecule has 2 heterocycles. The van der Waals surface area contributed by atoms with E-state index in [1.165, 1.54) is 0 Å². The van der Waals surface area contributed by atoms with Crippen LogP contribution in [-0.2, 0) is 9.59 Å². The second kappa shape index (κ2) is 6.34. The molecule has 0 aliphatic carbocycles. The van der Waals surface area contributed by atoms with E-state index < -0.39 is 0 Å². The number of carbonyl (C=O) groups is 2. The molecule has 0 spiro atoms. The molecule has 2 fully saturated rings. The molecule has 2 rings (SSSR count). The van der Waals surface area contributed by atoms with E-state index >= 15 is 0 Å². The zero-order valence-electron chi connectivity index (χ0n) is 11.3. The lowest BCUT2D eigenvalue weighted by molar-refractivity contribution is -0.140. The lowest BCUT2D eigenvalue weighted by Crippen LogP contribution is -2.63. The molecule has 0 radical (unpaired) electrons. The van der Waals surface area contributed by atoms with Crippen molar-refractivity contribution in [2.75, 3.05) is 19.7 Å². The monoisotopic (exact) mass is 269 g/mol. The van der Waals surface area contributed by atoms with Crippen molar-refractivity contribution in [1.29, 1.82) is 0 Å². The molecule has 3 atom stereocenters. The Labute approximate surface area is 113 Å². The van der Waals surface area contributed by atoms with Gasteiger partial charge in [-0.1, -0.05) is 6.92 Å². The van der Waals surface area contributed by atoms with Gasteiger partial charge < -0.3 is 21.1 Å². The number of rotatable bonds is 5. The smallest absolute Gasteiger partial charge is 0.225 e. The third-order valence-corrected chi connectivity index (χ3v) is 4.16. The highest BCUT2D eigenvalue weighted by molar-refractivity contribution is 5.89. The molecule has 0 unspecified atom stereocenters. The summed E-state index contributed by atoms with van der Waals surface area (Å²) in [6.45, 7) is 3.70. The van der Waals surface area contributed by atoms with Gasteiger partial charge in [0, 0.05) is 12.6 Å². The van der Waals surface area contributed by atoms with Crippen molar-refractivity contribution in [3.8, 4) is 0 Å². The summed E-state index contributed by atoms with van der Waals surface area (Å²) in [5.41, 5.74) is 0. The number of aliphatic hydroxyl groups is 1. The fourth-order valence-corrected chi connectivity index (χ4v) is 2.82. The van der Waals surface area contributed by atoms with Crippen molar-refractivity contribution < 1.29 is 14.7 Å². The van der Waals surface area contributed by atoms with E-state index in [0.29, 0.717) is 6.42 Å². The topological polar surface area (TPSA) is 90.5 Å². The highest BCUT2D eigenvalue weighted by Gasteiger charge is 2.44. The molecule has 0 aromatic carbocycles. The molecule has 6 heteroatoms. The highest BCUT2D eigenvalue weighted by Crippen LogP contribution is 2.25. The molecular weight excluding hydrogens is 246 g/mol. The number of carbonyl (C=O) groups excluding carboxylic acids is 2. The van der Waals surface area contributed by atoms with Crippen molar-refractivity contribution in [2.24, 2.45) is 11.8 Å². The summed E-state index contributed by atoms with van der Waals surface area (Å²) >= 11 is 0. The Morgan fingerprint density at radius 2 is 2.16 bits per heavy atom. The van der Waals surface area contributed by atoms with Gasteiger partial charge in [0.25, 0.3) is 0 Å². The lowest BCUT2D eigenvalue weighted by atomic mass is 9.79. The number of β-lactam (4-membered cyclic amide) rings is 1. The van der Waals surface area contributed by atoms with Crippen LogP contribution >= 0.6 is 0 Å². The normalized spacial score (nSPS) is 29.3. The first-order valence-electron chi connectivity index (χ1n) is 7.06. The average molecular weight is 269 g/mol. The molecular formula is C13H23N3O3. The first kappa shape index (κ1) is 14.3. The predicted molar refractivity (Wildman–Crippen MR) is 70.3 cm³/mol. The molecule has 0 bridgehead atoms. The summed E-state index contributed by atoms with van der Waals surface area (Å²) in [5.74, 6) is -0.525. The minimum absolute atomic E-state index is 0.000148. The molecule has 2 saturated heterocycles. The maximum atomic E-state index is 12.2. The van der Waals surface area contributed by atoms with Gasteiger partial charge in [-0.05, 0) is 32.4 Å². The van der Waals surface area contributed by atoms with E-state index in [2.05, 4.69) is 16.0 Å². The molecule has 0 aromatic rings. The largest absolute Gasteiger partial charge is 0.396 e. The highest BCUT2D eigenvalue weighted by atomic mass is 16.3. The first-order valence-corrected chi connectivity index (χ1v) is 7.06. The van der Waals surface area contributed by atoms with E-state index in [4.69, 9.17) is 5.11 Å². The van der Waals surface area contributed by atoms with Gasteiger partial charge in [-0.2, -0.15) is 0 Å². The Kier molecular flexibility index (Phi) is 4.76. The van der Waals surface area contributed by atoms with Crippen LogP contribution in [0.2, 0.25) is 0 Å². The summed E-state index contributed by atoms with van der Waals surface area (Å²) in [5, 5.41) is 18.0. The first-order chi connectivity index (χ1) is 9.13. The number of amides is 2. The Hall–Kier alpha value is -1.14. The summed E-state index contributed by atoms with van der Waals surface area (Å²) in [6, 6.07) is 0.102. The van der Waals surface area contributed by atoms with E-state index in [1.807, 2.05) is 6.92 Å². The number of hydrogen-bond acceptors (Lipinski definition) is 4. The van der Waals surface area contributed by atoms with E-state index in [1.54, 1.807) is 0 Å². The third-order valence-electron chi connectivity index (χ3n) is 4.16. The second-order valence-electron chi connectivity index (χ2n) is 5.47. The van der Waals surface area contributed by atoms with Gasteiger partial charge in [-0.15, -0.1) is 0 Å². The minimum atomic E-state index is -0.246. The molecule has 2 aliphatic heterocycles. The number of nitrogens with one attached hydrogen (secondary N) is 3. The van der Waals surface area contributed by atoms with Crippen LogP contribution in [-0.4, -0.2) is 48.7 Å². The lowest BCUT2D eigenvalue weighted by Gasteiger charge is -2.40. The molecule has 4 N–H and O–H groups in total. The van der Waals surface area contributed by atoms with Crippen LogP contribution in [0.3, 0.4) is 0 Å². The van der Waals surface area contributed by atoms with E-state index in [9.17, 15) is 9.59 Å². The van der Waals surface area contributed by atoms with Crippen LogP contribution in [0.25, 0.3) is 0 Å². The molecule has 6 nitrogen and oxygen atoms in total. The van der Waals surface area contributed by atoms with Crippen molar-refractivity contribution >= 4 is 11.8 Å². The van der Waals surface area contributed by atoms with Gasteiger partial charge in [-0.3, -0.25) is 9.59 Å². The van der Waals surface area contributed by atoms with Gasteiger partial charge in [-0.25, -0.2) is 0 Å². The maximum Gasteiger partial charge on any atom is 0.225 e. The van der Waals surface area contributed by atoms with Crippen LogP contribution in [0.5, 0.6) is 0 Å². The van der Waals surface area contributed by atoms with Crippen LogP contribution in [0, 0.1) is 11.8 Å². The zero-order valence-corrected chi connectivity index (χ0v) is 11.3. The van der Waals surface area contributed by atoms with Crippen LogP contribution in [0.4, 0.5) is 0 Å². The number of aliphatic hydroxyl groups excluding tert-OH is 1. The van der Waals surface area contributed by atoms with Crippen molar-refractivity contribution in [2.45, 2.75) is 38.3 Å². The van der Waals surface area contributed by atoms with Crippen molar-refractivity contribution in [3.63, 3.8) is 0 Å². The summed E-state index contributed by atoms with van der Waals surface area (Å²) in [7, 11) is 0. The maximum absolute atomic E-state index is 12.2. The third kappa shape index (κ3) is 3.25. The fraction of sp³-hybridized carbons (Fsp3) is 0.846. The fourth-order valence-electron chi connectivity index (χ4n) is 2.82. The van der Waals surface area contributed by atoms with Gasteiger partial charge in [0.15, 0.2) is 0 Å². The average Bonchev–Trinajstić information content (AvgIpc) is 2.42. The Morgan fingerprint density at radius 3 is 2.74 bits per heavy atom. The standard InChI is InChI=1S/C13H23N3O3/c1-8(11-10(4-7-17)13(19)16-11)12(18)15-9-2-5-14-6-3-9/h8-11,14,17H,2-7H2,1H3,(H,15,18)(H,16,19)/t8-,10+,11-/m1/s1. The Balaban J connectivity index is 1.83. The number of piperidine rings is 1. The zero-order chi connectivity index (χ0) is 13.8.